The summed E-state index contributed by atoms with van der Waals surface area (Å²) in [6.07, 6.45) is 0. The van der Waals surface area contributed by atoms with Crippen LogP contribution in [-0.2, 0) is 9.53 Å². The molecule has 0 aliphatic carbocycles. The number of halogens is 4. The first-order valence-electron chi connectivity index (χ1n) is 10.3. The second kappa shape index (κ2) is 9.47. The van der Waals surface area contributed by atoms with Crippen LogP contribution in [0.2, 0.25) is 0 Å². The molecule has 11 heteroatoms. The van der Waals surface area contributed by atoms with Crippen molar-refractivity contribution in [1.29, 1.82) is 0 Å². The molecule has 2 heterocycles. The minimum absolute atomic E-state index is 0.0922. The lowest BCUT2D eigenvalue weighted by atomic mass is 9.91. The Balaban J connectivity index is 1.54. The molecule has 0 atom stereocenters. The zero-order valence-electron chi connectivity index (χ0n) is 17.7. The summed E-state index contributed by atoms with van der Waals surface area (Å²) in [6.45, 7) is 3.45. The van der Waals surface area contributed by atoms with E-state index in [2.05, 4.69) is 16.0 Å². The topological polar surface area (TPSA) is 82.7 Å². The number of hydrogen-bond donors (Lipinski definition) is 3. The largest absolute Gasteiger partial charge is 0.454 e. The average molecular weight is 574 g/mol. The van der Waals surface area contributed by atoms with Crippen LogP contribution in [-0.4, -0.2) is 61.1 Å². The predicted octanol–water partition coefficient (Wildman–Crippen LogP) is 2.77. The van der Waals surface area contributed by atoms with Gasteiger partial charge in [-0.2, -0.15) is 0 Å². The Morgan fingerprint density at radius 1 is 1.18 bits per heavy atom. The number of nitrogens with one attached hydrogen (secondary N) is 3. The van der Waals surface area contributed by atoms with Gasteiger partial charge in [0, 0.05) is 36.2 Å². The Morgan fingerprint density at radius 3 is 2.52 bits per heavy atom. The Kier molecular flexibility index (Phi) is 6.82. The van der Waals surface area contributed by atoms with Crippen molar-refractivity contribution in [2.45, 2.75) is 18.6 Å². The number of likely N-dealkylation sites (tertiary alicyclic amines) is 1. The van der Waals surface area contributed by atoms with Crippen LogP contribution in [0.4, 0.5) is 24.5 Å². The molecule has 0 radical (unpaired) electrons. The number of ether oxygens (including phenoxy) is 1. The lowest BCUT2D eigenvalue weighted by Gasteiger charge is -2.49. The van der Waals surface area contributed by atoms with Crippen molar-refractivity contribution >= 4 is 45.8 Å². The van der Waals surface area contributed by atoms with E-state index in [0.717, 1.165) is 25.2 Å². The predicted molar refractivity (Wildman–Crippen MR) is 124 cm³/mol. The van der Waals surface area contributed by atoms with Gasteiger partial charge in [-0.15, -0.1) is 0 Å². The second-order valence-corrected chi connectivity index (χ2v) is 9.45. The summed E-state index contributed by atoms with van der Waals surface area (Å²) < 4.78 is 49.0. The van der Waals surface area contributed by atoms with Gasteiger partial charge in [-0.25, -0.2) is 13.2 Å². The van der Waals surface area contributed by atoms with E-state index in [-0.39, 0.29) is 30.4 Å². The Morgan fingerprint density at radius 2 is 1.91 bits per heavy atom. The van der Waals surface area contributed by atoms with Crippen molar-refractivity contribution in [2.24, 2.45) is 0 Å². The molecular formula is C22H22F3IN4O3. The highest BCUT2D eigenvalue weighted by Crippen LogP contribution is 2.33. The van der Waals surface area contributed by atoms with Gasteiger partial charge in [0.15, 0.2) is 17.2 Å². The van der Waals surface area contributed by atoms with Crippen molar-refractivity contribution in [3.05, 3.63) is 56.9 Å². The summed E-state index contributed by atoms with van der Waals surface area (Å²) in [5.74, 6) is -4.19. The fraction of sp³-hybridized carbons (Fsp3) is 0.364. The zero-order valence-corrected chi connectivity index (χ0v) is 19.8. The van der Waals surface area contributed by atoms with Gasteiger partial charge < -0.3 is 25.6 Å². The maximum absolute atomic E-state index is 14.7. The van der Waals surface area contributed by atoms with Crippen molar-refractivity contribution in [3.8, 4) is 0 Å². The standard InChI is InChI=1S/C22H22F3IN4O3/c1-12(31)33-22(9-28-14-7-27-8-14)10-30(11-22)21(32)15-3-4-16(23)19(25)20(15)29-18-5-2-13(26)6-17(18)24/h2-6,14,27-29H,7-11H2,1H3. The number of benzene rings is 2. The Bertz CT molecular complexity index is 1090. The van der Waals surface area contributed by atoms with E-state index in [4.69, 9.17) is 4.74 Å². The first kappa shape index (κ1) is 23.8. The fourth-order valence-corrected chi connectivity index (χ4v) is 4.27. The maximum atomic E-state index is 14.7. The van der Waals surface area contributed by atoms with Gasteiger partial charge in [-0.05, 0) is 52.9 Å². The highest BCUT2D eigenvalue weighted by molar-refractivity contribution is 14.1. The molecule has 176 valence electrons. The molecule has 2 saturated heterocycles. The minimum Gasteiger partial charge on any atom is -0.454 e. The highest BCUT2D eigenvalue weighted by atomic mass is 127. The number of esters is 1. The number of carbonyl (C=O) groups is 2. The molecule has 33 heavy (non-hydrogen) atoms. The highest BCUT2D eigenvalue weighted by Gasteiger charge is 2.49. The summed E-state index contributed by atoms with van der Waals surface area (Å²) in [6, 6.07) is 6.47. The van der Waals surface area contributed by atoms with Crippen LogP contribution in [0.15, 0.2) is 30.3 Å². The monoisotopic (exact) mass is 574 g/mol. The van der Waals surface area contributed by atoms with Crippen molar-refractivity contribution in [3.63, 3.8) is 0 Å². The van der Waals surface area contributed by atoms with Gasteiger partial charge in [0.1, 0.15) is 5.82 Å². The summed E-state index contributed by atoms with van der Waals surface area (Å²) in [5, 5.41) is 8.95. The Hall–Kier alpha value is -2.38. The smallest absolute Gasteiger partial charge is 0.303 e. The summed E-state index contributed by atoms with van der Waals surface area (Å²) >= 11 is 1.92. The molecule has 2 aliphatic heterocycles. The number of nitrogens with zero attached hydrogens (tertiary/aromatic N) is 1. The second-order valence-electron chi connectivity index (χ2n) is 8.21. The minimum atomic E-state index is -1.29. The normalized spacial score (nSPS) is 17.2. The SMILES string of the molecule is CC(=O)OC1(CNC2CNC2)CN(C(=O)c2ccc(F)c(F)c2Nc2ccc(I)cc2F)C1. The molecule has 0 bridgehead atoms. The molecule has 2 aromatic rings. The van der Waals surface area contributed by atoms with Crippen molar-refractivity contribution in [2.75, 3.05) is 38.0 Å². The van der Waals surface area contributed by atoms with E-state index < -0.39 is 40.6 Å². The molecule has 0 saturated carbocycles. The van der Waals surface area contributed by atoms with Crippen molar-refractivity contribution in [1.82, 2.24) is 15.5 Å². The van der Waals surface area contributed by atoms with Crippen LogP contribution in [0, 0.1) is 21.0 Å². The molecule has 0 aromatic heterocycles. The van der Waals surface area contributed by atoms with Gasteiger partial charge in [0.05, 0.1) is 30.0 Å². The van der Waals surface area contributed by atoms with Crippen LogP contribution in [0.5, 0.6) is 0 Å². The van der Waals surface area contributed by atoms with E-state index in [9.17, 15) is 22.8 Å². The number of amides is 1. The lowest BCUT2D eigenvalue weighted by molar-refractivity contribution is -0.172. The van der Waals surface area contributed by atoms with E-state index >= 15 is 0 Å². The Labute approximate surface area is 202 Å². The van der Waals surface area contributed by atoms with Crippen LogP contribution in [0.1, 0.15) is 17.3 Å². The fourth-order valence-electron chi connectivity index (χ4n) is 3.82. The summed E-state index contributed by atoms with van der Waals surface area (Å²) in [5.41, 5.74) is -1.60. The van der Waals surface area contributed by atoms with Gasteiger partial charge in [-0.1, -0.05) is 0 Å². The average Bonchev–Trinajstić information content (AvgIpc) is 2.68. The molecule has 2 aliphatic rings. The number of rotatable bonds is 7. The van der Waals surface area contributed by atoms with Crippen molar-refractivity contribution < 1.29 is 27.5 Å². The van der Waals surface area contributed by atoms with E-state index in [1.807, 2.05) is 22.6 Å². The first-order chi connectivity index (χ1) is 15.7. The van der Waals surface area contributed by atoms with E-state index in [1.165, 1.54) is 24.0 Å². The van der Waals surface area contributed by atoms with E-state index in [1.54, 1.807) is 6.07 Å². The molecule has 0 spiro atoms. The quantitative estimate of drug-likeness (QED) is 0.349. The molecule has 7 nitrogen and oxygen atoms in total. The molecule has 3 N–H and O–H groups in total. The third-order valence-corrected chi connectivity index (χ3v) is 6.29. The van der Waals surface area contributed by atoms with Gasteiger partial charge >= 0.3 is 5.97 Å². The third-order valence-electron chi connectivity index (χ3n) is 5.62. The first-order valence-corrected chi connectivity index (χ1v) is 11.4. The molecule has 2 aromatic carbocycles. The summed E-state index contributed by atoms with van der Waals surface area (Å²) in [4.78, 5) is 26.2. The lowest BCUT2D eigenvalue weighted by Crippen LogP contribution is -2.71. The van der Waals surface area contributed by atoms with Gasteiger partial charge in [-0.3, -0.25) is 9.59 Å². The van der Waals surface area contributed by atoms with Crippen LogP contribution < -0.4 is 16.0 Å². The third kappa shape index (κ3) is 5.09. The summed E-state index contributed by atoms with van der Waals surface area (Å²) in [7, 11) is 0. The van der Waals surface area contributed by atoms with Crippen LogP contribution >= 0.6 is 22.6 Å². The van der Waals surface area contributed by atoms with Crippen LogP contribution in [0.3, 0.4) is 0 Å². The van der Waals surface area contributed by atoms with Gasteiger partial charge in [0.25, 0.3) is 5.91 Å². The molecule has 0 unspecified atom stereocenters. The zero-order chi connectivity index (χ0) is 23.8. The maximum Gasteiger partial charge on any atom is 0.303 e. The molecule has 2 fully saturated rings. The van der Waals surface area contributed by atoms with Crippen LogP contribution in [0.25, 0.3) is 0 Å². The van der Waals surface area contributed by atoms with E-state index in [0.29, 0.717) is 10.1 Å². The number of carbonyl (C=O) groups excluding carboxylic acids is 2. The number of hydrogen-bond acceptors (Lipinski definition) is 6. The molecule has 4 rings (SSSR count). The van der Waals surface area contributed by atoms with Gasteiger partial charge in [0.2, 0.25) is 0 Å². The molecule has 1 amide bonds. The number of anilines is 2. The molecular weight excluding hydrogens is 552 g/mol.